The van der Waals surface area contributed by atoms with E-state index in [1.165, 1.54) is 0 Å². The molecule has 2 saturated heterocycles. The maximum atomic E-state index is 6.01. The normalized spacial score (nSPS) is 32.6. The first-order valence-corrected chi connectivity index (χ1v) is 7.13. The van der Waals surface area contributed by atoms with E-state index in [1.807, 2.05) is 19.3 Å². The van der Waals surface area contributed by atoms with Crippen molar-refractivity contribution < 1.29 is 9.47 Å². The molecule has 0 aliphatic carbocycles. The monoisotopic (exact) mass is 262 g/mol. The molecule has 2 aliphatic rings. The summed E-state index contributed by atoms with van der Waals surface area (Å²) in [5.41, 5.74) is 1.10. The smallest absolute Gasteiger partial charge is 0.0940 e. The van der Waals surface area contributed by atoms with Crippen LogP contribution in [0.3, 0.4) is 0 Å². The van der Waals surface area contributed by atoms with E-state index in [4.69, 9.17) is 9.47 Å². The van der Waals surface area contributed by atoms with E-state index >= 15 is 0 Å². The van der Waals surface area contributed by atoms with Crippen molar-refractivity contribution in [2.45, 2.75) is 30.9 Å². The molecule has 4 heteroatoms. The molecule has 1 aromatic heterocycles. The molecule has 0 radical (unpaired) electrons. The van der Waals surface area contributed by atoms with E-state index in [-0.39, 0.29) is 5.60 Å². The van der Waals surface area contributed by atoms with Crippen molar-refractivity contribution in [3.8, 4) is 0 Å². The summed E-state index contributed by atoms with van der Waals surface area (Å²) < 4.78 is 11.6. The lowest BCUT2D eigenvalue weighted by atomic mass is 9.80. The fourth-order valence-electron chi connectivity index (χ4n) is 3.40. The zero-order chi connectivity index (χ0) is 13.1. The van der Waals surface area contributed by atoms with E-state index in [2.05, 4.69) is 22.4 Å². The molecule has 1 N–H and O–H groups in total. The largest absolute Gasteiger partial charge is 0.378 e. The molecule has 3 unspecified atom stereocenters. The molecule has 3 rings (SSSR count). The van der Waals surface area contributed by atoms with Gasteiger partial charge in [0, 0.05) is 25.8 Å². The third-order valence-corrected chi connectivity index (χ3v) is 4.39. The quantitative estimate of drug-likeness (QED) is 0.904. The third-order valence-electron chi connectivity index (χ3n) is 4.39. The number of hydrogen-bond donors (Lipinski definition) is 1. The first kappa shape index (κ1) is 13.0. The van der Waals surface area contributed by atoms with Crippen LogP contribution in [0.15, 0.2) is 24.4 Å². The van der Waals surface area contributed by atoms with Gasteiger partial charge >= 0.3 is 0 Å². The lowest BCUT2D eigenvalue weighted by Crippen LogP contribution is -2.43. The lowest BCUT2D eigenvalue weighted by Gasteiger charge is -2.40. The van der Waals surface area contributed by atoms with Gasteiger partial charge in [-0.3, -0.25) is 4.98 Å². The maximum absolute atomic E-state index is 6.01. The second-order valence-electron chi connectivity index (χ2n) is 5.61. The molecular formula is C15H22N2O2. The molecule has 2 aliphatic heterocycles. The average molecular weight is 262 g/mol. The average Bonchev–Trinajstić information content (AvgIpc) is 2.89. The maximum Gasteiger partial charge on any atom is 0.0940 e. The number of hydrogen-bond acceptors (Lipinski definition) is 4. The van der Waals surface area contributed by atoms with Crippen LogP contribution in [0.25, 0.3) is 0 Å². The van der Waals surface area contributed by atoms with Crippen LogP contribution in [0.4, 0.5) is 0 Å². The summed E-state index contributed by atoms with van der Waals surface area (Å²) in [4.78, 5) is 4.51. The minimum absolute atomic E-state index is 0.0349. The molecule has 1 aromatic rings. The molecular weight excluding hydrogens is 240 g/mol. The van der Waals surface area contributed by atoms with Crippen LogP contribution in [0.1, 0.15) is 31.0 Å². The standard InChI is InChI=1S/C15H22N2O2/c1-16-14(13-4-2-3-7-17-13)12-5-8-19-15(10-12)6-9-18-11-15/h2-4,7,12,14,16H,5-6,8-11H2,1H3. The number of pyridine rings is 1. The minimum Gasteiger partial charge on any atom is -0.378 e. The fraction of sp³-hybridized carbons (Fsp3) is 0.667. The highest BCUT2D eigenvalue weighted by Gasteiger charge is 2.43. The van der Waals surface area contributed by atoms with Gasteiger partial charge in [-0.25, -0.2) is 0 Å². The molecule has 19 heavy (non-hydrogen) atoms. The molecule has 0 amide bonds. The molecule has 0 saturated carbocycles. The second-order valence-corrected chi connectivity index (χ2v) is 5.61. The summed E-state index contributed by atoms with van der Waals surface area (Å²) in [5.74, 6) is 0.565. The van der Waals surface area contributed by atoms with E-state index in [9.17, 15) is 0 Å². The molecule has 0 bridgehead atoms. The summed E-state index contributed by atoms with van der Waals surface area (Å²) in [6, 6.07) is 6.43. The van der Waals surface area contributed by atoms with Gasteiger partial charge in [-0.2, -0.15) is 0 Å². The Bertz CT molecular complexity index is 404. The van der Waals surface area contributed by atoms with Crippen molar-refractivity contribution in [1.29, 1.82) is 0 Å². The first-order valence-electron chi connectivity index (χ1n) is 7.13. The predicted molar refractivity (Wildman–Crippen MR) is 72.9 cm³/mol. The summed E-state index contributed by atoms with van der Waals surface area (Å²) in [7, 11) is 2.02. The van der Waals surface area contributed by atoms with E-state index in [0.29, 0.717) is 12.0 Å². The van der Waals surface area contributed by atoms with Crippen molar-refractivity contribution in [3.05, 3.63) is 30.1 Å². The Balaban J connectivity index is 1.76. The lowest BCUT2D eigenvalue weighted by molar-refractivity contribution is -0.103. The van der Waals surface area contributed by atoms with Gasteiger partial charge in [0.25, 0.3) is 0 Å². The Kier molecular flexibility index (Phi) is 3.82. The van der Waals surface area contributed by atoms with E-state index in [0.717, 1.165) is 44.8 Å². The van der Waals surface area contributed by atoms with Crippen LogP contribution in [-0.2, 0) is 9.47 Å². The third kappa shape index (κ3) is 2.66. The van der Waals surface area contributed by atoms with E-state index < -0.39 is 0 Å². The van der Waals surface area contributed by atoms with Crippen LogP contribution < -0.4 is 5.32 Å². The molecule has 2 fully saturated rings. The van der Waals surface area contributed by atoms with Gasteiger partial charge in [-0.1, -0.05) is 6.07 Å². The molecule has 0 aromatic carbocycles. The van der Waals surface area contributed by atoms with Crippen molar-refractivity contribution >= 4 is 0 Å². The number of rotatable bonds is 3. The number of nitrogens with zero attached hydrogens (tertiary/aromatic N) is 1. The van der Waals surface area contributed by atoms with Gasteiger partial charge in [0.1, 0.15) is 0 Å². The minimum atomic E-state index is -0.0349. The van der Waals surface area contributed by atoms with E-state index in [1.54, 1.807) is 0 Å². The molecule has 1 spiro atoms. The highest BCUT2D eigenvalue weighted by atomic mass is 16.6. The van der Waals surface area contributed by atoms with Crippen LogP contribution in [-0.4, -0.2) is 37.5 Å². The molecule has 4 nitrogen and oxygen atoms in total. The van der Waals surface area contributed by atoms with Crippen LogP contribution in [0, 0.1) is 5.92 Å². The van der Waals surface area contributed by atoms with Crippen molar-refractivity contribution in [3.63, 3.8) is 0 Å². The van der Waals surface area contributed by atoms with Gasteiger partial charge in [-0.05, 0) is 37.9 Å². The van der Waals surface area contributed by atoms with Gasteiger partial charge in [0.05, 0.1) is 23.9 Å². The Morgan fingerprint density at radius 2 is 2.37 bits per heavy atom. The molecule has 3 atom stereocenters. The van der Waals surface area contributed by atoms with Crippen LogP contribution in [0.2, 0.25) is 0 Å². The van der Waals surface area contributed by atoms with Gasteiger partial charge in [-0.15, -0.1) is 0 Å². The predicted octanol–water partition coefficient (Wildman–Crippen LogP) is 1.93. The summed E-state index contributed by atoms with van der Waals surface area (Å²) in [6.45, 7) is 2.42. The summed E-state index contributed by atoms with van der Waals surface area (Å²) >= 11 is 0. The highest BCUT2D eigenvalue weighted by molar-refractivity contribution is 5.11. The van der Waals surface area contributed by atoms with Crippen molar-refractivity contribution in [2.24, 2.45) is 5.92 Å². The molecule has 3 heterocycles. The Hall–Kier alpha value is -0.970. The highest BCUT2D eigenvalue weighted by Crippen LogP contribution is 2.40. The van der Waals surface area contributed by atoms with Gasteiger partial charge < -0.3 is 14.8 Å². The number of nitrogens with one attached hydrogen (secondary N) is 1. The fourth-order valence-corrected chi connectivity index (χ4v) is 3.40. The van der Waals surface area contributed by atoms with Crippen molar-refractivity contribution in [1.82, 2.24) is 10.3 Å². The van der Waals surface area contributed by atoms with Crippen LogP contribution >= 0.6 is 0 Å². The Labute approximate surface area is 114 Å². The first-order chi connectivity index (χ1) is 9.33. The topological polar surface area (TPSA) is 43.4 Å². The Morgan fingerprint density at radius 1 is 1.42 bits per heavy atom. The van der Waals surface area contributed by atoms with Crippen LogP contribution in [0.5, 0.6) is 0 Å². The van der Waals surface area contributed by atoms with Crippen molar-refractivity contribution in [2.75, 3.05) is 26.9 Å². The van der Waals surface area contributed by atoms with Gasteiger partial charge in [0.15, 0.2) is 0 Å². The second kappa shape index (κ2) is 5.57. The molecule has 104 valence electrons. The van der Waals surface area contributed by atoms with Gasteiger partial charge in [0.2, 0.25) is 0 Å². The zero-order valence-corrected chi connectivity index (χ0v) is 11.5. The zero-order valence-electron chi connectivity index (χ0n) is 11.5. The number of ether oxygens (including phenoxy) is 2. The Morgan fingerprint density at radius 3 is 3.05 bits per heavy atom. The summed E-state index contributed by atoms with van der Waals surface area (Å²) in [5, 5.41) is 3.44. The number of aromatic nitrogens is 1. The SMILES string of the molecule is CNC(c1ccccn1)C1CCOC2(CCOC2)C1. The summed E-state index contributed by atoms with van der Waals surface area (Å²) in [6.07, 6.45) is 5.05.